The number of hydrogen-bond donors (Lipinski definition) is 1. The Balaban J connectivity index is 2.09. The van der Waals surface area contributed by atoms with Crippen LogP contribution in [0.2, 0.25) is 0 Å². The highest BCUT2D eigenvalue weighted by atomic mass is 32.1. The Hall–Kier alpha value is -1.87. The van der Waals surface area contributed by atoms with Gasteiger partial charge in [-0.05, 0) is 47.7 Å². The van der Waals surface area contributed by atoms with E-state index in [-0.39, 0.29) is 5.82 Å². The summed E-state index contributed by atoms with van der Waals surface area (Å²) in [5.41, 5.74) is 4.49. The van der Waals surface area contributed by atoms with Crippen LogP contribution in [0.25, 0.3) is 21.7 Å². The number of aryl methyl sites for hydroxylation is 1. The van der Waals surface area contributed by atoms with Crippen molar-refractivity contribution in [2.75, 3.05) is 0 Å². The quantitative estimate of drug-likeness (QED) is 0.675. The van der Waals surface area contributed by atoms with E-state index in [4.69, 9.17) is 0 Å². The third kappa shape index (κ3) is 1.97. The van der Waals surface area contributed by atoms with Crippen molar-refractivity contribution in [3.63, 3.8) is 0 Å². The van der Waals surface area contributed by atoms with Crippen molar-refractivity contribution in [3.8, 4) is 21.7 Å². The number of rotatable bonds is 2. The molecule has 0 aliphatic heterocycles. The van der Waals surface area contributed by atoms with E-state index in [1.807, 2.05) is 24.4 Å². The molecule has 1 nitrogen and oxygen atoms in total. The molecule has 2 heterocycles. The second kappa shape index (κ2) is 4.42. The molecule has 0 bridgehead atoms. The molecule has 90 valence electrons. The van der Waals surface area contributed by atoms with Crippen LogP contribution in [0.3, 0.4) is 0 Å². The minimum absolute atomic E-state index is 0.206. The lowest BCUT2D eigenvalue weighted by molar-refractivity contribution is 0.628. The molecular formula is C15H12FNS. The largest absolute Gasteiger partial charge is 0.360 e. The van der Waals surface area contributed by atoms with Gasteiger partial charge in [0.25, 0.3) is 0 Å². The zero-order valence-electron chi connectivity index (χ0n) is 9.91. The Morgan fingerprint density at radius 2 is 1.89 bits per heavy atom. The van der Waals surface area contributed by atoms with E-state index in [0.717, 1.165) is 16.8 Å². The van der Waals surface area contributed by atoms with E-state index in [2.05, 4.69) is 23.4 Å². The molecule has 1 aromatic carbocycles. The monoisotopic (exact) mass is 257 g/mol. The number of hydrogen-bond acceptors (Lipinski definition) is 1. The van der Waals surface area contributed by atoms with Crippen molar-refractivity contribution in [3.05, 3.63) is 59.4 Å². The summed E-state index contributed by atoms with van der Waals surface area (Å²) in [6.45, 7) is 2.08. The molecule has 1 N–H and O–H groups in total. The highest BCUT2D eigenvalue weighted by Gasteiger charge is 2.10. The van der Waals surface area contributed by atoms with Crippen LogP contribution in [0.15, 0.2) is 48.0 Å². The van der Waals surface area contributed by atoms with Crippen LogP contribution in [-0.4, -0.2) is 4.98 Å². The zero-order chi connectivity index (χ0) is 12.5. The molecule has 0 saturated heterocycles. The Bertz CT molecular complexity index is 664. The van der Waals surface area contributed by atoms with Crippen molar-refractivity contribution >= 4 is 11.3 Å². The van der Waals surface area contributed by atoms with Gasteiger partial charge in [-0.3, -0.25) is 0 Å². The molecule has 0 saturated carbocycles. The lowest BCUT2D eigenvalue weighted by atomic mass is 10.1. The summed E-state index contributed by atoms with van der Waals surface area (Å²) in [7, 11) is 0. The van der Waals surface area contributed by atoms with Gasteiger partial charge >= 0.3 is 0 Å². The standard InChI is InChI=1S/C15H12FNS/c1-10-8-14(18-9-10)15-13(6-7-17-15)11-2-4-12(16)5-3-11/h2-9,17H,1H3. The fraction of sp³-hybridized carbons (Fsp3) is 0.0667. The highest BCUT2D eigenvalue weighted by molar-refractivity contribution is 7.13. The van der Waals surface area contributed by atoms with Crippen LogP contribution >= 0.6 is 11.3 Å². The van der Waals surface area contributed by atoms with Crippen LogP contribution in [0.1, 0.15) is 5.56 Å². The van der Waals surface area contributed by atoms with Crippen LogP contribution in [0.5, 0.6) is 0 Å². The van der Waals surface area contributed by atoms with Gasteiger partial charge in [-0.25, -0.2) is 4.39 Å². The molecule has 0 amide bonds. The Kier molecular flexibility index (Phi) is 2.76. The molecule has 0 aliphatic rings. The van der Waals surface area contributed by atoms with E-state index in [1.54, 1.807) is 11.3 Å². The van der Waals surface area contributed by atoms with Crippen LogP contribution < -0.4 is 0 Å². The van der Waals surface area contributed by atoms with Gasteiger partial charge in [0.05, 0.1) is 10.6 Å². The number of H-pyrrole nitrogens is 1. The van der Waals surface area contributed by atoms with Gasteiger partial charge in [-0.1, -0.05) is 12.1 Å². The van der Waals surface area contributed by atoms with Crippen molar-refractivity contribution in [1.82, 2.24) is 4.98 Å². The maximum Gasteiger partial charge on any atom is 0.123 e. The Morgan fingerprint density at radius 1 is 1.11 bits per heavy atom. The summed E-state index contributed by atoms with van der Waals surface area (Å²) in [5, 5.41) is 2.13. The molecular weight excluding hydrogens is 245 g/mol. The van der Waals surface area contributed by atoms with Gasteiger partial charge in [0, 0.05) is 11.8 Å². The van der Waals surface area contributed by atoms with Gasteiger partial charge in [-0.2, -0.15) is 0 Å². The number of aromatic nitrogens is 1. The smallest absolute Gasteiger partial charge is 0.123 e. The SMILES string of the molecule is Cc1csc(-c2[nH]ccc2-c2ccc(F)cc2)c1. The van der Waals surface area contributed by atoms with E-state index in [9.17, 15) is 4.39 Å². The molecule has 3 aromatic rings. The van der Waals surface area contributed by atoms with Crippen LogP contribution in [0.4, 0.5) is 4.39 Å². The first-order valence-corrected chi connectivity index (χ1v) is 6.61. The topological polar surface area (TPSA) is 15.8 Å². The minimum Gasteiger partial charge on any atom is -0.360 e. The molecule has 3 heteroatoms. The molecule has 0 unspecified atom stereocenters. The third-order valence-electron chi connectivity index (χ3n) is 2.88. The molecule has 0 radical (unpaired) electrons. The Labute approximate surface area is 109 Å². The minimum atomic E-state index is -0.206. The summed E-state index contributed by atoms with van der Waals surface area (Å²) in [6, 6.07) is 10.8. The maximum atomic E-state index is 12.9. The molecule has 0 fully saturated rings. The van der Waals surface area contributed by atoms with Gasteiger partial charge in [0.15, 0.2) is 0 Å². The maximum absolute atomic E-state index is 12.9. The first-order valence-electron chi connectivity index (χ1n) is 5.73. The number of nitrogens with one attached hydrogen (secondary N) is 1. The van der Waals surface area contributed by atoms with E-state index in [1.165, 1.54) is 22.6 Å². The predicted molar refractivity (Wildman–Crippen MR) is 74.2 cm³/mol. The lowest BCUT2D eigenvalue weighted by Gasteiger charge is -2.02. The van der Waals surface area contributed by atoms with Crippen LogP contribution in [-0.2, 0) is 0 Å². The van der Waals surface area contributed by atoms with E-state index >= 15 is 0 Å². The number of aromatic amines is 1. The average Bonchev–Trinajstić information content (AvgIpc) is 2.98. The summed E-state index contributed by atoms with van der Waals surface area (Å²) in [4.78, 5) is 4.47. The first-order chi connectivity index (χ1) is 8.74. The second-order valence-corrected chi connectivity index (χ2v) is 5.17. The number of halogens is 1. The number of benzene rings is 1. The molecule has 18 heavy (non-hydrogen) atoms. The lowest BCUT2D eigenvalue weighted by Crippen LogP contribution is -1.80. The van der Waals surface area contributed by atoms with Crippen molar-refractivity contribution in [2.45, 2.75) is 6.92 Å². The van der Waals surface area contributed by atoms with Gasteiger partial charge in [-0.15, -0.1) is 11.3 Å². The van der Waals surface area contributed by atoms with Crippen molar-refractivity contribution in [1.29, 1.82) is 0 Å². The molecule has 0 aliphatic carbocycles. The fourth-order valence-corrected chi connectivity index (χ4v) is 2.93. The van der Waals surface area contributed by atoms with Gasteiger partial charge < -0.3 is 4.98 Å². The molecule has 0 atom stereocenters. The molecule has 0 spiro atoms. The zero-order valence-corrected chi connectivity index (χ0v) is 10.7. The highest BCUT2D eigenvalue weighted by Crippen LogP contribution is 2.34. The normalized spacial score (nSPS) is 10.8. The van der Waals surface area contributed by atoms with Crippen molar-refractivity contribution < 1.29 is 4.39 Å². The van der Waals surface area contributed by atoms with E-state index < -0.39 is 0 Å². The van der Waals surface area contributed by atoms with Gasteiger partial charge in [0.2, 0.25) is 0 Å². The van der Waals surface area contributed by atoms with E-state index in [0.29, 0.717) is 0 Å². The number of thiophene rings is 1. The second-order valence-electron chi connectivity index (χ2n) is 4.26. The predicted octanol–water partition coefficient (Wildman–Crippen LogP) is 4.86. The first kappa shape index (κ1) is 11.2. The summed E-state index contributed by atoms with van der Waals surface area (Å²) < 4.78 is 12.9. The van der Waals surface area contributed by atoms with Gasteiger partial charge in [0.1, 0.15) is 5.82 Å². The summed E-state index contributed by atoms with van der Waals surface area (Å²) >= 11 is 1.71. The summed E-state index contributed by atoms with van der Waals surface area (Å²) in [5.74, 6) is -0.206. The van der Waals surface area contributed by atoms with Crippen LogP contribution in [0, 0.1) is 12.7 Å². The fourth-order valence-electron chi connectivity index (χ4n) is 2.01. The summed E-state index contributed by atoms with van der Waals surface area (Å²) in [6.07, 6.45) is 1.92. The Morgan fingerprint density at radius 3 is 2.56 bits per heavy atom. The third-order valence-corrected chi connectivity index (χ3v) is 3.94. The molecule has 2 aromatic heterocycles. The average molecular weight is 257 g/mol. The molecule has 3 rings (SSSR count). The van der Waals surface area contributed by atoms with Crippen molar-refractivity contribution in [2.24, 2.45) is 0 Å².